The molecule has 0 saturated carbocycles. The molecular formula is C28H20ClFN2O3. The van der Waals surface area contributed by atoms with Crippen LogP contribution in [0.2, 0.25) is 5.02 Å². The summed E-state index contributed by atoms with van der Waals surface area (Å²) in [6.45, 7) is 1.42. The number of nitrogens with one attached hydrogen (secondary N) is 1. The molecule has 3 aliphatic heterocycles. The van der Waals surface area contributed by atoms with Gasteiger partial charge in [0.15, 0.2) is 11.6 Å². The molecule has 4 atom stereocenters. The quantitative estimate of drug-likeness (QED) is 0.527. The molecule has 1 fully saturated rings. The smallest absolute Gasteiger partial charge is 0.238 e. The fourth-order valence-corrected chi connectivity index (χ4v) is 6.36. The molecule has 1 saturated heterocycles. The van der Waals surface area contributed by atoms with Crippen molar-refractivity contribution in [3.8, 4) is 0 Å². The zero-order valence-electron chi connectivity index (χ0n) is 18.7. The minimum atomic E-state index is -1.38. The number of carbonyl (C=O) groups excluding carboxylic acids is 3. The van der Waals surface area contributed by atoms with Crippen molar-refractivity contribution in [1.29, 1.82) is 0 Å². The van der Waals surface area contributed by atoms with Crippen LogP contribution in [-0.2, 0) is 15.0 Å². The summed E-state index contributed by atoms with van der Waals surface area (Å²) in [7, 11) is 0. The number of hydrogen-bond donors (Lipinski definition) is 1. The molecule has 3 aliphatic rings. The van der Waals surface area contributed by atoms with Gasteiger partial charge in [0.05, 0.1) is 23.0 Å². The molecule has 35 heavy (non-hydrogen) atoms. The predicted molar refractivity (Wildman–Crippen MR) is 132 cm³/mol. The molecule has 174 valence electrons. The van der Waals surface area contributed by atoms with Gasteiger partial charge >= 0.3 is 0 Å². The number of carbonyl (C=O) groups is 3. The Kier molecular flexibility index (Phi) is 4.73. The molecule has 1 spiro atoms. The Balaban J connectivity index is 1.67. The number of ketones is 2. The second-order valence-corrected chi connectivity index (χ2v) is 9.57. The van der Waals surface area contributed by atoms with Crippen molar-refractivity contribution < 1.29 is 18.8 Å². The van der Waals surface area contributed by atoms with E-state index < -0.39 is 29.2 Å². The van der Waals surface area contributed by atoms with Crippen LogP contribution in [0.1, 0.15) is 28.4 Å². The van der Waals surface area contributed by atoms with Gasteiger partial charge in [-0.1, -0.05) is 54.1 Å². The molecule has 1 amide bonds. The lowest BCUT2D eigenvalue weighted by atomic mass is 9.64. The maximum atomic E-state index is 14.3. The van der Waals surface area contributed by atoms with Crippen LogP contribution in [0, 0.1) is 11.7 Å². The molecule has 3 aromatic rings. The Labute approximate surface area is 206 Å². The zero-order chi connectivity index (χ0) is 24.5. The van der Waals surface area contributed by atoms with E-state index in [0.717, 1.165) is 0 Å². The molecule has 3 aromatic carbocycles. The van der Waals surface area contributed by atoms with Crippen LogP contribution in [0.25, 0.3) is 6.08 Å². The van der Waals surface area contributed by atoms with Gasteiger partial charge < -0.3 is 10.2 Å². The average Bonchev–Trinajstić information content (AvgIpc) is 3.32. The second kappa shape index (κ2) is 7.62. The molecule has 0 radical (unpaired) electrons. The number of fused-ring (bicyclic) bond motifs is 6. The summed E-state index contributed by atoms with van der Waals surface area (Å²) >= 11 is 6.43. The van der Waals surface area contributed by atoms with Crippen LogP contribution in [0.4, 0.5) is 15.8 Å². The number of halogens is 2. The summed E-state index contributed by atoms with van der Waals surface area (Å²) in [6.07, 6.45) is 3.56. The van der Waals surface area contributed by atoms with Gasteiger partial charge in [-0.3, -0.25) is 14.4 Å². The summed E-state index contributed by atoms with van der Waals surface area (Å²) in [5.41, 5.74) is 1.32. The summed E-state index contributed by atoms with van der Waals surface area (Å²) in [5, 5.41) is 3.20. The molecule has 3 heterocycles. The monoisotopic (exact) mass is 486 g/mol. The highest BCUT2D eigenvalue weighted by Crippen LogP contribution is 2.57. The Hall–Kier alpha value is -3.77. The van der Waals surface area contributed by atoms with E-state index in [1.165, 1.54) is 19.1 Å². The van der Waals surface area contributed by atoms with Crippen molar-refractivity contribution in [1.82, 2.24) is 0 Å². The van der Waals surface area contributed by atoms with Crippen molar-refractivity contribution in [2.75, 3.05) is 10.2 Å². The maximum absolute atomic E-state index is 14.3. The molecule has 0 aliphatic carbocycles. The van der Waals surface area contributed by atoms with E-state index >= 15 is 0 Å². The molecular weight excluding hydrogens is 467 g/mol. The van der Waals surface area contributed by atoms with E-state index in [9.17, 15) is 18.8 Å². The molecule has 0 unspecified atom stereocenters. The molecule has 5 nitrogen and oxygen atoms in total. The fourth-order valence-electron chi connectivity index (χ4n) is 6.13. The molecule has 0 bridgehead atoms. The van der Waals surface area contributed by atoms with Crippen molar-refractivity contribution >= 4 is 46.5 Å². The summed E-state index contributed by atoms with van der Waals surface area (Å²) < 4.78 is 14.1. The second-order valence-electron chi connectivity index (χ2n) is 9.16. The summed E-state index contributed by atoms with van der Waals surface area (Å²) in [4.78, 5) is 43.4. The van der Waals surface area contributed by atoms with Crippen LogP contribution in [-0.4, -0.2) is 29.6 Å². The topological polar surface area (TPSA) is 66.5 Å². The predicted octanol–water partition coefficient (Wildman–Crippen LogP) is 5.04. The lowest BCUT2D eigenvalue weighted by Gasteiger charge is -2.37. The van der Waals surface area contributed by atoms with E-state index in [0.29, 0.717) is 22.5 Å². The first-order valence-corrected chi connectivity index (χ1v) is 11.7. The van der Waals surface area contributed by atoms with E-state index in [1.807, 2.05) is 23.1 Å². The summed E-state index contributed by atoms with van der Waals surface area (Å²) in [6, 6.07) is 16.6. The Morgan fingerprint density at radius 3 is 2.57 bits per heavy atom. The maximum Gasteiger partial charge on any atom is 0.238 e. The van der Waals surface area contributed by atoms with Gasteiger partial charge in [-0.2, -0.15) is 0 Å². The highest BCUT2D eigenvalue weighted by atomic mass is 35.5. The van der Waals surface area contributed by atoms with Crippen LogP contribution in [0.5, 0.6) is 0 Å². The van der Waals surface area contributed by atoms with E-state index in [4.69, 9.17) is 11.6 Å². The fraction of sp³-hybridized carbons (Fsp3) is 0.179. The Morgan fingerprint density at radius 2 is 1.80 bits per heavy atom. The average molecular weight is 487 g/mol. The largest absolute Gasteiger partial charge is 0.352 e. The van der Waals surface area contributed by atoms with Crippen molar-refractivity contribution in [3.05, 3.63) is 100 Å². The van der Waals surface area contributed by atoms with Gasteiger partial charge in [0.2, 0.25) is 5.91 Å². The van der Waals surface area contributed by atoms with Gasteiger partial charge in [-0.05, 0) is 48.9 Å². The molecule has 7 heteroatoms. The molecule has 6 rings (SSSR count). The van der Waals surface area contributed by atoms with Gasteiger partial charge in [-0.15, -0.1) is 0 Å². The first-order valence-electron chi connectivity index (χ1n) is 11.3. The van der Waals surface area contributed by atoms with Crippen LogP contribution in [0.3, 0.4) is 0 Å². The lowest BCUT2D eigenvalue weighted by molar-refractivity contribution is -0.122. The lowest BCUT2D eigenvalue weighted by Crippen LogP contribution is -2.51. The SMILES string of the molecule is CC(=O)[C@@H]1[C@H](C(=O)c2ccccc2Cl)[C@]2(C(=O)Nc3ccccc32)[C@H]2C=Cc3cc(F)ccc3N12. The van der Waals surface area contributed by atoms with E-state index in [1.54, 1.807) is 48.6 Å². The highest BCUT2D eigenvalue weighted by Gasteiger charge is 2.69. The van der Waals surface area contributed by atoms with Gasteiger partial charge in [0, 0.05) is 22.5 Å². The number of benzene rings is 3. The van der Waals surface area contributed by atoms with Gasteiger partial charge in [0.25, 0.3) is 0 Å². The van der Waals surface area contributed by atoms with Crippen molar-refractivity contribution in [2.24, 2.45) is 5.92 Å². The Morgan fingerprint density at radius 1 is 1.06 bits per heavy atom. The van der Waals surface area contributed by atoms with Crippen molar-refractivity contribution in [2.45, 2.75) is 24.4 Å². The first kappa shape index (κ1) is 21.7. The highest BCUT2D eigenvalue weighted by molar-refractivity contribution is 6.34. The number of hydrogen-bond acceptors (Lipinski definition) is 4. The Bertz CT molecular complexity index is 1470. The minimum Gasteiger partial charge on any atom is -0.352 e. The normalized spacial score (nSPS) is 25.7. The van der Waals surface area contributed by atoms with Crippen LogP contribution >= 0.6 is 11.6 Å². The number of rotatable bonds is 3. The molecule has 1 N–H and O–H groups in total. The third-order valence-corrected chi connectivity index (χ3v) is 7.76. The van der Waals surface area contributed by atoms with Crippen LogP contribution < -0.4 is 10.2 Å². The molecule has 0 aromatic heterocycles. The third kappa shape index (κ3) is 2.83. The van der Waals surface area contributed by atoms with Crippen molar-refractivity contribution in [3.63, 3.8) is 0 Å². The van der Waals surface area contributed by atoms with Gasteiger partial charge in [0.1, 0.15) is 11.2 Å². The number of amides is 1. The van der Waals surface area contributed by atoms with E-state index in [2.05, 4.69) is 5.32 Å². The third-order valence-electron chi connectivity index (χ3n) is 7.43. The van der Waals surface area contributed by atoms with Crippen LogP contribution in [0.15, 0.2) is 72.8 Å². The minimum absolute atomic E-state index is 0.254. The number of para-hydroxylation sites is 1. The first-order chi connectivity index (χ1) is 16.9. The summed E-state index contributed by atoms with van der Waals surface area (Å²) in [5.74, 6) is -2.46. The zero-order valence-corrected chi connectivity index (χ0v) is 19.4. The van der Waals surface area contributed by atoms with E-state index in [-0.39, 0.29) is 28.1 Å². The van der Waals surface area contributed by atoms with Gasteiger partial charge in [-0.25, -0.2) is 4.39 Å². The number of Topliss-reactive ketones (excluding diaryl/α,β-unsaturated/α-hetero) is 2. The number of nitrogens with zero attached hydrogens (tertiary/aromatic N) is 1. The standard InChI is InChI=1S/C28H20ClFN2O3/c1-15(33)25-24(26(34)18-6-2-4-8-20(18)29)28(19-7-3-5-9-21(19)31-27(28)35)23-13-10-16-14-17(30)11-12-22(16)32(23)25/h2-14,23-25H,1H3,(H,31,35)/t23-,24-,25-,28-/m1/s1. The number of anilines is 2.